The van der Waals surface area contributed by atoms with Crippen LogP contribution < -0.4 is 15.9 Å². The molecule has 0 aliphatic heterocycles. The van der Waals surface area contributed by atoms with Crippen LogP contribution in [0, 0.1) is 0 Å². The topological polar surface area (TPSA) is 47.8 Å². The molecule has 0 aliphatic carbocycles. The van der Waals surface area contributed by atoms with Crippen molar-refractivity contribution in [1.29, 1.82) is 0 Å². The molecule has 1 aromatic heterocycles. The summed E-state index contributed by atoms with van der Waals surface area (Å²) in [6, 6.07) is 38.7. The number of carbonyl (C=O) groups excluding carboxylic acids is 1. The van der Waals surface area contributed by atoms with E-state index in [9.17, 15) is 4.79 Å². The Bertz CT molecular complexity index is 1340. The summed E-state index contributed by atoms with van der Waals surface area (Å²) in [6.07, 6.45) is 0. The SMILES string of the molecule is CC(=O)C(n1nnc2ccccc21)=P(c1ccccc1)(c1ccccc1)c1ccccc1. The van der Waals surface area contributed by atoms with Gasteiger partial charge in [0.2, 0.25) is 0 Å². The lowest BCUT2D eigenvalue weighted by atomic mass is 10.3. The van der Waals surface area contributed by atoms with Gasteiger partial charge in [-0.1, -0.05) is 108 Å². The lowest BCUT2D eigenvalue weighted by Crippen LogP contribution is -2.36. The maximum absolute atomic E-state index is 13.6. The van der Waals surface area contributed by atoms with Gasteiger partial charge in [-0.15, -0.1) is 5.10 Å². The summed E-state index contributed by atoms with van der Waals surface area (Å²) in [5.41, 5.74) is 2.23. The fraction of sp³-hybridized carbons (Fsp3) is 0.0370. The van der Waals surface area contributed by atoms with Crippen LogP contribution >= 0.6 is 6.89 Å². The third-order valence-corrected chi connectivity index (χ3v) is 9.97. The summed E-state index contributed by atoms with van der Waals surface area (Å²) in [5, 5.41) is 12.2. The molecule has 0 amide bonds. The third kappa shape index (κ3) is 3.21. The van der Waals surface area contributed by atoms with E-state index in [1.54, 1.807) is 11.6 Å². The zero-order valence-corrected chi connectivity index (χ0v) is 18.6. The second kappa shape index (κ2) is 8.41. The van der Waals surface area contributed by atoms with Gasteiger partial charge in [-0.25, -0.2) is 4.68 Å². The highest BCUT2D eigenvalue weighted by molar-refractivity contribution is 7.96. The molecule has 0 saturated heterocycles. The van der Waals surface area contributed by atoms with Crippen LogP contribution in [-0.4, -0.2) is 26.2 Å². The summed E-state index contributed by atoms with van der Waals surface area (Å²) in [6.45, 7) is -0.951. The number of fused-ring (bicyclic) bond motifs is 1. The number of nitrogens with zero attached hydrogens (tertiary/aromatic N) is 3. The van der Waals surface area contributed by atoms with Crippen LogP contribution in [0.15, 0.2) is 115 Å². The molecule has 32 heavy (non-hydrogen) atoms. The van der Waals surface area contributed by atoms with Gasteiger partial charge in [-0.05, 0) is 28.0 Å². The number of hydrogen-bond donors (Lipinski definition) is 0. The molecule has 0 fully saturated rings. The molecule has 0 N–H and O–H groups in total. The molecular weight excluding hydrogens is 413 g/mol. The average molecular weight is 435 g/mol. The number of hydrogen-bond acceptors (Lipinski definition) is 3. The van der Waals surface area contributed by atoms with Crippen LogP contribution in [0.4, 0.5) is 0 Å². The number of Topliss-reactive ketones (excluding diaryl/α,β-unsaturated/α-hetero) is 1. The van der Waals surface area contributed by atoms with E-state index in [1.807, 2.05) is 78.9 Å². The molecule has 0 unspecified atom stereocenters. The smallest absolute Gasteiger partial charge is 0.179 e. The Labute approximate surface area is 187 Å². The number of aromatic nitrogens is 3. The van der Waals surface area contributed by atoms with Gasteiger partial charge in [0.1, 0.15) is 10.9 Å². The van der Waals surface area contributed by atoms with Crippen molar-refractivity contribution >= 4 is 45.0 Å². The van der Waals surface area contributed by atoms with E-state index in [2.05, 4.69) is 46.7 Å². The Balaban J connectivity index is 2.08. The Morgan fingerprint density at radius 2 is 1.09 bits per heavy atom. The van der Waals surface area contributed by atoms with Crippen LogP contribution in [0.5, 0.6) is 0 Å². The van der Waals surface area contributed by atoms with Crippen molar-refractivity contribution in [2.45, 2.75) is 6.92 Å². The first-order chi connectivity index (χ1) is 15.7. The third-order valence-electron chi connectivity index (χ3n) is 5.62. The minimum Gasteiger partial charge on any atom is -0.293 e. The van der Waals surface area contributed by atoms with E-state index < -0.39 is 6.89 Å². The van der Waals surface area contributed by atoms with E-state index in [0.717, 1.165) is 26.9 Å². The summed E-state index contributed by atoms with van der Waals surface area (Å²) in [5.74, 6) is -0.0226. The van der Waals surface area contributed by atoms with Gasteiger partial charge < -0.3 is 0 Å². The zero-order valence-electron chi connectivity index (χ0n) is 17.7. The van der Waals surface area contributed by atoms with Gasteiger partial charge >= 0.3 is 0 Å². The average Bonchev–Trinajstić information content (AvgIpc) is 3.27. The minimum absolute atomic E-state index is 0.0226. The number of para-hydroxylation sites is 1. The van der Waals surface area contributed by atoms with E-state index in [-0.39, 0.29) is 5.78 Å². The molecular formula is C27H22N3OP. The molecule has 5 aromatic rings. The predicted molar refractivity (Wildman–Crippen MR) is 134 cm³/mol. The fourth-order valence-electron chi connectivity index (χ4n) is 4.32. The van der Waals surface area contributed by atoms with Crippen molar-refractivity contribution in [2.75, 3.05) is 0 Å². The standard InChI is InChI=1S/C27H22N3OP/c1-21(31)27(30-26-20-12-11-19-25(26)28-29-30)32(22-13-5-2-6-14-22,23-15-7-3-8-16-23)24-17-9-4-10-18-24/h2-20H,1H3. The Morgan fingerprint density at radius 3 is 1.56 bits per heavy atom. The first-order valence-corrected chi connectivity index (χ1v) is 12.3. The highest BCUT2D eigenvalue weighted by Crippen LogP contribution is 2.46. The zero-order chi connectivity index (χ0) is 22.0. The van der Waals surface area contributed by atoms with Crippen LogP contribution in [-0.2, 0) is 4.79 Å². The number of benzene rings is 4. The summed E-state index contributed by atoms with van der Waals surface area (Å²) >= 11 is 0. The van der Waals surface area contributed by atoms with Crippen LogP contribution in [0.2, 0.25) is 0 Å². The van der Waals surface area contributed by atoms with E-state index in [0.29, 0.717) is 5.42 Å². The maximum atomic E-state index is 13.6. The largest absolute Gasteiger partial charge is 0.293 e. The van der Waals surface area contributed by atoms with Crippen LogP contribution in [0.25, 0.3) is 11.0 Å². The molecule has 5 rings (SSSR count). The van der Waals surface area contributed by atoms with Crippen molar-refractivity contribution in [2.24, 2.45) is 0 Å². The number of carbonyl (C=O) groups is 1. The van der Waals surface area contributed by atoms with E-state index in [4.69, 9.17) is 0 Å². The first-order valence-electron chi connectivity index (χ1n) is 10.5. The molecule has 0 radical (unpaired) electrons. The van der Waals surface area contributed by atoms with E-state index >= 15 is 0 Å². The molecule has 4 nitrogen and oxygen atoms in total. The molecule has 0 atom stereocenters. The van der Waals surface area contributed by atoms with E-state index in [1.165, 1.54) is 0 Å². The first kappa shape index (κ1) is 20.2. The van der Waals surface area contributed by atoms with Gasteiger partial charge in [-0.2, -0.15) is 0 Å². The molecule has 0 aliphatic rings. The molecule has 4 aromatic carbocycles. The van der Waals surface area contributed by atoms with Crippen molar-refractivity contribution in [1.82, 2.24) is 15.0 Å². The summed E-state index contributed by atoms with van der Waals surface area (Å²) in [4.78, 5) is 13.6. The normalized spacial score (nSPS) is 11.4. The van der Waals surface area contributed by atoms with Crippen molar-refractivity contribution in [3.8, 4) is 0 Å². The Morgan fingerprint density at radius 1 is 0.656 bits per heavy atom. The second-order valence-corrected chi connectivity index (χ2v) is 10.9. The molecule has 0 bridgehead atoms. The van der Waals surface area contributed by atoms with Crippen LogP contribution in [0.1, 0.15) is 6.92 Å². The van der Waals surface area contributed by atoms with Gasteiger partial charge in [0, 0.05) is 13.8 Å². The molecule has 5 heteroatoms. The predicted octanol–water partition coefficient (Wildman–Crippen LogP) is 3.99. The lowest BCUT2D eigenvalue weighted by molar-refractivity contribution is -0.111. The molecule has 0 saturated carbocycles. The Kier molecular flexibility index (Phi) is 5.30. The highest BCUT2D eigenvalue weighted by atomic mass is 31.2. The quantitative estimate of drug-likeness (QED) is 0.392. The minimum atomic E-state index is -2.59. The second-order valence-electron chi connectivity index (χ2n) is 7.55. The van der Waals surface area contributed by atoms with Gasteiger partial charge in [0.25, 0.3) is 0 Å². The fourth-order valence-corrected chi connectivity index (χ4v) is 8.71. The molecule has 1 heterocycles. The van der Waals surface area contributed by atoms with Gasteiger partial charge in [0.15, 0.2) is 5.78 Å². The highest BCUT2D eigenvalue weighted by Gasteiger charge is 2.34. The maximum Gasteiger partial charge on any atom is 0.179 e. The summed E-state index contributed by atoms with van der Waals surface area (Å²) < 4.78 is 1.76. The summed E-state index contributed by atoms with van der Waals surface area (Å²) in [7, 11) is 0. The van der Waals surface area contributed by atoms with Gasteiger partial charge in [-0.3, -0.25) is 4.79 Å². The number of rotatable bonds is 5. The monoisotopic (exact) mass is 435 g/mol. The molecule has 0 spiro atoms. The van der Waals surface area contributed by atoms with Crippen molar-refractivity contribution < 1.29 is 4.79 Å². The van der Waals surface area contributed by atoms with Crippen molar-refractivity contribution in [3.05, 3.63) is 115 Å². The van der Waals surface area contributed by atoms with Crippen molar-refractivity contribution in [3.63, 3.8) is 0 Å². The molecule has 156 valence electrons. The number of ketones is 1. The lowest BCUT2D eigenvalue weighted by Gasteiger charge is -2.31. The Hall–Kier alpha value is -3.75. The van der Waals surface area contributed by atoms with Gasteiger partial charge in [0.05, 0.1) is 5.52 Å². The van der Waals surface area contributed by atoms with Crippen LogP contribution in [0.3, 0.4) is 0 Å².